The Morgan fingerprint density at radius 3 is 1.64 bits per heavy atom. The van der Waals surface area contributed by atoms with Gasteiger partial charge in [0, 0.05) is 27.6 Å². The molecule has 1 spiro atoms. The summed E-state index contributed by atoms with van der Waals surface area (Å²) < 4.78 is 6.59. The molecule has 12 rings (SSSR count). The largest absolute Gasteiger partial charge is 0.456 e. The fourth-order valence-corrected chi connectivity index (χ4v) is 9.93. The summed E-state index contributed by atoms with van der Waals surface area (Å²) in [6.45, 7) is 0. The molecule has 0 unspecified atom stereocenters. The van der Waals surface area contributed by atoms with Crippen molar-refractivity contribution in [1.82, 2.24) is 0 Å². The maximum atomic E-state index is 6.59. The molecule has 0 saturated carbocycles. The van der Waals surface area contributed by atoms with E-state index in [1.165, 1.54) is 55.3 Å². The van der Waals surface area contributed by atoms with Crippen LogP contribution in [0.4, 0.5) is 17.1 Å². The Morgan fingerprint density at radius 2 is 0.891 bits per heavy atom. The Morgan fingerprint density at radius 1 is 0.364 bits per heavy atom. The third kappa shape index (κ3) is 4.08. The molecule has 0 fully saturated rings. The van der Waals surface area contributed by atoms with Crippen molar-refractivity contribution in [3.8, 4) is 33.4 Å². The van der Waals surface area contributed by atoms with Crippen LogP contribution < -0.4 is 4.90 Å². The van der Waals surface area contributed by atoms with Crippen molar-refractivity contribution >= 4 is 49.8 Å². The molecule has 2 nitrogen and oxygen atoms in total. The summed E-state index contributed by atoms with van der Waals surface area (Å²) >= 11 is 0. The predicted octanol–water partition coefficient (Wildman–Crippen LogP) is 14.2. The molecule has 1 heterocycles. The minimum absolute atomic E-state index is 0.429. The molecule has 0 aliphatic heterocycles. The number of hydrogen-bond donors (Lipinski definition) is 0. The van der Waals surface area contributed by atoms with Gasteiger partial charge in [0.05, 0.1) is 16.8 Å². The second-order valence-electron chi connectivity index (χ2n) is 14.8. The van der Waals surface area contributed by atoms with E-state index in [0.717, 1.165) is 50.1 Å². The molecule has 0 saturated heterocycles. The van der Waals surface area contributed by atoms with E-state index in [4.69, 9.17) is 4.42 Å². The lowest BCUT2D eigenvalue weighted by molar-refractivity contribution is 0.669. The topological polar surface area (TPSA) is 16.4 Å². The molecule has 10 aromatic rings. The Balaban J connectivity index is 1.16. The van der Waals surface area contributed by atoms with Gasteiger partial charge in [-0.25, -0.2) is 0 Å². The van der Waals surface area contributed by atoms with Crippen LogP contribution in [0.2, 0.25) is 0 Å². The summed E-state index contributed by atoms with van der Waals surface area (Å²) in [5.41, 5.74) is 17.5. The standard InChI is InChI=1S/C53H33NO/c1-2-18-36(19-3-1)54(47-29-13-9-22-39(47)40-24-14-31-49-51(40)42-32-34-16-4-5-17-35(34)33-50(42)55-49)48-30-15-28-46-52(48)41-23-8-12-27-45(41)53(46)43-25-10-6-20-37(43)38-21-7-11-26-44(38)53/h1-33H. The first-order valence-corrected chi connectivity index (χ1v) is 19.0. The van der Waals surface area contributed by atoms with Crippen molar-refractivity contribution in [2.75, 3.05) is 4.90 Å². The molecule has 2 aliphatic rings. The number of anilines is 3. The average Bonchev–Trinajstić information content (AvgIpc) is 3.87. The van der Waals surface area contributed by atoms with Crippen LogP contribution in [0.5, 0.6) is 0 Å². The molecule has 2 aliphatic carbocycles. The molecule has 55 heavy (non-hydrogen) atoms. The average molecular weight is 700 g/mol. The minimum atomic E-state index is -0.429. The molecule has 0 amide bonds. The van der Waals surface area contributed by atoms with E-state index in [1.807, 2.05) is 0 Å². The molecule has 9 aromatic carbocycles. The van der Waals surface area contributed by atoms with Crippen molar-refractivity contribution < 1.29 is 4.42 Å². The quantitative estimate of drug-likeness (QED) is 0.182. The van der Waals surface area contributed by atoms with Crippen molar-refractivity contribution in [2.24, 2.45) is 0 Å². The fourth-order valence-electron chi connectivity index (χ4n) is 9.93. The summed E-state index contributed by atoms with van der Waals surface area (Å²) in [5, 5.41) is 4.63. The second-order valence-corrected chi connectivity index (χ2v) is 14.8. The van der Waals surface area contributed by atoms with E-state index >= 15 is 0 Å². The highest BCUT2D eigenvalue weighted by atomic mass is 16.3. The summed E-state index contributed by atoms with van der Waals surface area (Å²) in [4.78, 5) is 2.48. The van der Waals surface area contributed by atoms with Crippen LogP contribution in [0.3, 0.4) is 0 Å². The summed E-state index contributed by atoms with van der Waals surface area (Å²) in [7, 11) is 0. The first kappa shape index (κ1) is 30.3. The lowest BCUT2D eigenvalue weighted by Crippen LogP contribution is -2.26. The second kappa shape index (κ2) is 11.4. The molecule has 2 heteroatoms. The lowest BCUT2D eigenvalue weighted by atomic mass is 9.70. The number of fused-ring (bicyclic) bond motifs is 14. The molecular weight excluding hydrogens is 667 g/mol. The number of rotatable bonds is 4. The van der Waals surface area contributed by atoms with Gasteiger partial charge in [0.2, 0.25) is 0 Å². The van der Waals surface area contributed by atoms with Crippen LogP contribution in [-0.2, 0) is 5.41 Å². The van der Waals surface area contributed by atoms with E-state index in [2.05, 4.69) is 205 Å². The van der Waals surface area contributed by atoms with Crippen LogP contribution in [0, 0.1) is 0 Å². The Hall–Kier alpha value is -7.16. The van der Waals surface area contributed by atoms with E-state index in [9.17, 15) is 0 Å². The van der Waals surface area contributed by atoms with E-state index < -0.39 is 5.41 Å². The van der Waals surface area contributed by atoms with Gasteiger partial charge in [0.25, 0.3) is 0 Å². The number of benzene rings is 9. The SMILES string of the molecule is c1ccc(N(c2ccccc2-c2cccc3oc4cc5ccccc5cc4c23)c2cccc3c2-c2ccccc2C32c3ccccc3-c3ccccc32)cc1. The highest BCUT2D eigenvalue weighted by molar-refractivity contribution is 6.17. The van der Waals surface area contributed by atoms with Crippen LogP contribution in [0.25, 0.3) is 66.1 Å². The Bertz CT molecular complexity index is 3120. The van der Waals surface area contributed by atoms with Gasteiger partial charge in [0.1, 0.15) is 11.2 Å². The van der Waals surface area contributed by atoms with Crippen LogP contribution in [0.1, 0.15) is 22.3 Å². The van der Waals surface area contributed by atoms with Crippen LogP contribution in [-0.4, -0.2) is 0 Å². The highest BCUT2D eigenvalue weighted by Crippen LogP contribution is 2.64. The predicted molar refractivity (Wildman–Crippen MR) is 228 cm³/mol. The molecule has 256 valence electrons. The van der Waals surface area contributed by atoms with Crippen molar-refractivity contribution in [3.05, 3.63) is 222 Å². The third-order valence-electron chi connectivity index (χ3n) is 12.1. The zero-order valence-electron chi connectivity index (χ0n) is 29.9. The summed E-state index contributed by atoms with van der Waals surface area (Å²) in [5.74, 6) is 0. The first-order chi connectivity index (χ1) is 27.3. The van der Waals surface area contributed by atoms with E-state index in [1.54, 1.807) is 0 Å². The Kier molecular flexibility index (Phi) is 6.29. The van der Waals surface area contributed by atoms with E-state index in [0.29, 0.717) is 0 Å². The van der Waals surface area contributed by atoms with Crippen molar-refractivity contribution in [2.45, 2.75) is 5.41 Å². The van der Waals surface area contributed by atoms with Gasteiger partial charge in [-0.3, -0.25) is 0 Å². The van der Waals surface area contributed by atoms with Crippen LogP contribution in [0.15, 0.2) is 205 Å². The van der Waals surface area contributed by atoms with Crippen molar-refractivity contribution in [1.29, 1.82) is 0 Å². The molecule has 0 atom stereocenters. The number of hydrogen-bond acceptors (Lipinski definition) is 2. The highest BCUT2D eigenvalue weighted by Gasteiger charge is 2.52. The lowest BCUT2D eigenvalue weighted by Gasteiger charge is -2.32. The number of furan rings is 1. The maximum Gasteiger partial charge on any atom is 0.136 e. The van der Waals surface area contributed by atoms with Gasteiger partial charge in [-0.2, -0.15) is 0 Å². The van der Waals surface area contributed by atoms with Gasteiger partial charge in [-0.1, -0.05) is 158 Å². The van der Waals surface area contributed by atoms with E-state index in [-0.39, 0.29) is 0 Å². The summed E-state index contributed by atoms with van der Waals surface area (Å²) in [6, 6.07) is 73.2. The maximum absolute atomic E-state index is 6.59. The van der Waals surface area contributed by atoms with Gasteiger partial charge < -0.3 is 9.32 Å². The summed E-state index contributed by atoms with van der Waals surface area (Å²) in [6.07, 6.45) is 0. The Labute approximate surface area is 319 Å². The van der Waals surface area contributed by atoms with Crippen LogP contribution >= 0.6 is 0 Å². The fraction of sp³-hybridized carbons (Fsp3) is 0.0189. The van der Waals surface area contributed by atoms with Gasteiger partial charge in [-0.15, -0.1) is 0 Å². The molecule has 0 bridgehead atoms. The zero-order valence-corrected chi connectivity index (χ0v) is 29.9. The molecule has 1 aromatic heterocycles. The smallest absolute Gasteiger partial charge is 0.136 e. The number of para-hydroxylation sites is 2. The normalized spacial score (nSPS) is 13.2. The van der Waals surface area contributed by atoms with Gasteiger partial charge >= 0.3 is 0 Å². The third-order valence-corrected chi connectivity index (χ3v) is 12.1. The molecule has 0 N–H and O–H groups in total. The zero-order chi connectivity index (χ0) is 36.1. The first-order valence-electron chi connectivity index (χ1n) is 19.0. The molecule has 0 radical (unpaired) electrons. The monoisotopic (exact) mass is 699 g/mol. The van der Waals surface area contributed by atoms with Gasteiger partial charge in [0.15, 0.2) is 0 Å². The van der Waals surface area contributed by atoms with Gasteiger partial charge in [-0.05, 0) is 97.7 Å². The molecular formula is C53H33NO. The van der Waals surface area contributed by atoms with Crippen molar-refractivity contribution in [3.63, 3.8) is 0 Å². The number of nitrogens with zero attached hydrogens (tertiary/aromatic N) is 1. The minimum Gasteiger partial charge on any atom is -0.456 e.